The van der Waals surface area contributed by atoms with Gasteiger partial charge in [0.15, 0.2) is 0 Å². The van der Waals surface area contributed by atoms with Gasteiger partial charge in [-0.15, -0.1) is 0 Å². The highest BCUT2D eigenvalue weighted by Crippen LogP contribution is 2.34. The van der Waals surface area contributed by atoms with E-state index in [2.05, 4.69) is 9.88 Å². The lowest BCUT2D eigenvalue weighted by atomic mass is 10.1. The van der Waals surface area contributed by atoms with Crippen LogP contribution in [0.4, 0.5) is 0 Å². The predicted octanol–water partition coefficient (Wildman–Crippen LogP) is 2.48. The van der Waals surface area contributed by atoms with Gasteiger partial charge in [0.25, 0.3) is 0 Å². The fourth-order valence-corrected chi connectivity index (χ4v) is 2.83. The standard InChI is InChI=1S/C19H24N2O4/c1-22-16-11-15(18-3-4-20-14-19(18)23-2)12-17(13-16)25-10-7-21-5-8-24-9-6-21/h3-4,11-14H,5-10H2,1-2H3. The normalized spacial score (nSPS) is 15.0. The van der Waals surface area contributed by atoms with Crippen LogP contribution >= 0.6 is 0 Å². The minimum Gasteiger partial charge on any atom is -0.497 e. The molecule has 0 spiro atoms. The summed E-state index contributed by atoms with van der Waals surface area (Å²) < 4.78 is 22.2. The fraction of sp³-hybridized carbons (Fsp3) is 0.421. The molecule has 2 heterocycles. The van der Waals surface area contributed by atoms with E-state index >= 15 is 0 Å². The smallest absolute Gasteiger partial charge is 0.144 e. The van der Waals surface area contributed by atoms with Gasteiger partial charge in [-0.1, -0.05) is 0 Å². The van der Waals surface area contributed by atoms with Crippen LogP contribution in [0.1, 0.15) is 0 Å². The minimum atomic E-state index is 0.625. The van der Waals surface area contributed by atoms with Gasteiger partial charge in [0.1, 0.15) is 23.9 Å². The molecule has 6 heteroatoms. The zero-order valence-electron chi connectivity index (χ0n) is 14.7. The lowest BCUT2D eigenvalue weighted by Gasteiger charge is -2.26. The molecule has 1 saturated heterocycles. The number of methoxy groups -OCH3 is 2. The van der Waals surface area contributed by atoms with E-state index in [-0.39, 0.29) is 0 Å². The SMILES string of the molecule is COc1cc(OCCN2CCOCC2)cc(-c2ccncc2OC)c1. The molecule has 0 N–H and O–H groups in total. The summed E-state index contributed by atoms with van der Waals surface area (Å²) in [4.78, 5) is 6.45. The van der Waals surface area contributed by atoms with Crippen LogP contribution in [-0.2, 0) is 4.74 Å². The van der Waals surface area contributed by atoms with Crippen molar-refractivity contribution in [2.24, 2.45) is 0 Å². The van der Waals surface area contributed by atoms with Crippen molar-refractivity contribution in [3.63, 3.8) is 0 Å². The number of aromatic nitrogens is 1. The quantitative estimate of drug-likeness (QED) is 0.769. The Morgan fingerprint density at radius 1 is 1.08 bits per heavy atom. The maximum atomic E-state index is 5.97. The molecule has 3 rings (SSSR count). The van der Waals surface area contributed by atoms with Crippen molar-refractivity contribution in [2.75, 3.05) is 53.7 Å². The summed E-state index contributed by atoms with van der Waals surface area (Å²) >= 11 is 0. The van der Waals surface area contributed by atoms with E-state index < -0.39 is 0 Å². The number of nitrogens with zero attached hydrogens (tertiary/aromatic N) is 2. The zero-order valence-corrected chi connectivity index (χ0v) is 14.7. The van der Waals surface area contributed by atoms with E-state index in [4.69, 9.17) is 18.9 Å². The van der Waals surface area contributed by atoms with E-state index in [1.165, 1.54) is 0 Å². The Morgan fingerprint density at radius 2 is 1.88 bits per heavy atom. The van der Waals surface area contributed by atoms with Crippen molar-refractivity contribution >= 4 is 0 Å². The summed E-state index contributed by atoms with van der Waals surface area (Å²) in [5.74, 6) is 2.24. The number of hydrogen-bond donors (Lipinski definition) is 0. The van der Waals surface area contributed by atoms with Crippen molar-refractivity contribution in [1.29, 1.82) is 0 Å². The number of benzene rings is 1. The fourth-order valence-electron chi connectivity index (χ4n) is 2.83. The predicted molar refractivity (Wildman–Crippen MR) is 95.5 cm³/mol. The third kappa shape index (κ3) is 4.61. The summed E-state index contributed by atoms with van der Waals surface area (Å²) in [6.45, 7) is 5.02. The Morgan fingerprint density at radius 3 is 2.64 bits per heavy atom. The highest BCUT2D eigenvalue weighted by Gasteiger charge is 2.12. The average molecular weight is 344 g/mol. The van der Waals surface area contributed by atoms with Crippen LogP contribution in [0.3, 0.4) is 0 Å². The van der Waals surface area contributed by atoms with Crippen LogP contribution in [0, 0.1) is 0 Å². The molecule has 0 unspecified atom stereocenters. The first-order chi connectivity index (χ1) is 12.3. The molecule has 1 aromatic heterocycles. The lowest BCUT2D eigenvalue weighted by Crippen LogP contribution is -2.38. The van der Waals surface area contributed by atoms with Crippen LogP contribution < -0.4 is 14.2 Å². The van der Waals surface area contributed by atoms with Crippen molar-refractivity contribution < 1.29 is 18.9 Å². The number of morpholine rings is 1. The molecular weight excluding hydrogens is 320 g/mol. The first-order valence-corrected chi connectivity index (χ1v) is 8.40. The lowest BCUT2D eigenvalue weighted by molar-refractivity contribution is 0.0322. The Balaban J connectivity index is 1.73. The first-order valence-electron chi connectivity index (χ1n) is 8.40. The second-order valence-corrected chi connectivity index (χ2v) is 5.78. The molecule has 0 aliphatic carbocycles. The molecule has 0 radical (unpaired) electrons. The number of pyridine rings is 1. The summed E-state index contributed by atoms with van der Waals surface area (Å²) in [5.41, 5.74) is 1.93. The van der Waals surface area contributed by atoms with Gasteiger partial charge in [-0.05, 0) is 23.8 Å². The molecule has 134 valence electrons. The number of ether oxygens (including phenoxy) is 4. The second-order valence-electron chi connectivity index (χ2n) is 5.78. The van der Waals surface area contributed by atoms with Gasteiger partial charge in [-0.25, -0.2) is 0 Å². The minimum absolute atomic E-state index is 0.625. The first kappa shape index (κ1) is 17.5. The van der Waals surface area contributed by atoms with Crippen LogP contribution in [0.5, 0.6) is 17.2 Å². The Bertz CT molecular complexity index is 687. The van der Waals surface area contributed by atoms with Gasteiger partial charge >= 0.3 is 0 Å². The molecule has 0 amide bonds. The van der Waals surface area contributed by atoms with Gasteiger partial charge in [-0.2, -0.15) is 0 Å². The third-order valence-electron chi connectivity index (χ3n) is 4.21. The van der Waals surface area contributed by atoms with Gasteiger partial charge in [0, 0.05) is 37.5 Å². The molecule has 1 fully saturated rings. The maximum absolute atomic E-state index is 5.97. The molecule has 1 aliphatic rings. The van der Waals surface area contributed by atoms with Crippen LogP contribution in [0.2, 0.25) is 0 Å². The maximum Gasteiger partial charge on any atom is 0.144 e. The summed E-state index contributed by atoms with van der Waals surface area (Å²) in [6, 6.07) is 7.79. The Labute approximate surface area is 148 Å². The summed E-state index contributed by atoms with van der Waals surface area (Å²) in [7, 11) is 3.29. The van der Waals surface area contributed by atoms with E-state index in [0.717, 1.165) is 61.2 Å². The van der Waals surface area contributed by atoms with Crippen LogP contribution in [0.25, 0.3) is 11.1 Å². The van der Waals surface area contributed by atoms with E-state index in [1.807, 2.05) is 24.3 Å². The zero-order chi connectivity index (χ0) is 17.5. The topological polar surface area (TPSA) is 53.1 Å². The molecule has 6 nitrogen and oxygen atoms in total. The van der Waals surface area contributed by atoms with E-state index in [0.29, 0.717) is 6.61 Å². The van der Waals surface area contributed by atoms with Gasteiger partial charge in [0.2, 0.25) is 0 Å². The van der Waals surface area contributed by atoms with Crippen molar-refractivity contribution in [2.45, 2.75) is 0 Å². The second kappa shape index (κ2) is 8.69. The average Bonchev–Trinajstić information content (AvgIpc) is 2.68. The van der Waals surface area contributed by atoms with Gasteiger partial charge < -0.3 is 18.9 Å². The van der Waals surface area contributed by atoms with Gasteiger partial charge in [0.05, 0.1) is 33.6 Å². The molecule has 0 atom stereocenters. The van der Waals surface area contributed by atoms with Crippen molar-refractivity contribution in [3.05, 3.63) is 36.7 Å². The summed E-state index contributed by atoms with van der Waals surface area (Å²) in [5, 5.41) is 0. The van der Waals surface area contributed by atoms with Crippen molar-refractivity contribution in [3.8, 4) is 28.4 Å². The third-order valence-corrected chi connectivity index (χ3v) is 4.21. The van der Waals surface area contributed by atoms with Crippen molar-refractivity contribution in [1.82, 2.24) is 9.88 Å². The Hall–Kier alpha value is -2.31. The van der Waals surface area contributed by atoms with Crippen LogP contribution in [-0.4, -0.2) is 63.6 Å². The molecule has 0 saturated carbocycles. The summed E-state index contributed by atoms with van der Waals surface area (Å²) in [6.07, 6.45) is 3.45. The number of hydrogen-bond acceptors (Lipinski definition) is 6. The molecule has 1 aliphatic heterocycles. The van der Waals surface area contributed by atoms with E-state index in [9.17, 15) is 0 Å². The highest BCUT2D eigenvalue weighted by molar-refractivity contribution is 5.72. The number of rotatable bonds is 7. The molecule has 25 heavy (non-hydrogen) atoms. The Kier molecular flexibility index (Phi) is 6.09. The monoisotopic (exact) mass is 344 g/mol. The highest BCUT2D eigenvalue weighted by atomic mass is 16.5. The van der Waals surface area contributed by atoms with E-state index in [1.54, 1.807) is 26.6 Å². The van der Waals surface area contributed by atoms with Crippen LogP contribution in [0.15, 0.2) is 36.7 Å². The largest absolute Gasteiger partial charge is 0.497 e. The molecule has 2 aromatic rings. The molecule has 1 aromatic carbocycles. The van der Waals surface area contributed by atoms with Gasteiger partial charge in [-0.3, -0.25) is 9.88 Å². The molecule has 0 bridgehead atoms. The molecular formula is C19H24N2O4.